The molecule has 0 atom stereocenters. The monoisotopic (exact) mass is 329 g/mol. The molecule has 3 rings (SSSR count). The standard InChI is InChI=1S/C16H12BrNO2/c1-20-11-8-6-10(7-9-11)15-16(19)14(17)12-4-2-3-5-13(12)18-15/h2-9,19H,1H3. The fraction of sp³-hybridized carbons (Fsp3) is 0.0625. The zero-order chi connectivity index (χ0) is 14.1. The van der Waals surface area contributed by atoms with Gasteiger partial charge in [0.25, 0.3) is 0 Å². The minimum atomic E-state index is 0.147. The van der Waals surface area contributed by atoms with Gasteiger partial charge in [-0.25, -0.2) is 4.98 Å². The van der Waals surface area contributed by atoms with Gasteiger partial charge in [-0.2, -0.15) is 0 Å². The third kappa shape index (κ3) is 2.12. The summed E-state index contributed by atoms with van der Waals surface area (Å²) in [4.78, 5) is 4.54. The number of methoxy groups -OCH3 is 1. The van der Waals surface area contributed by atoms with E-state index in [0.29, 0.717) is 10.2 Å². The molecule has 4 heteroatoms. The van der Waals surface area contributed by atoms with Crippen molar-refractivity contribution in [1.82, 2.24) is 4.98 Å². The lowest BCUT2D eigenvalue weighted by Gasteiger charge is -2.09. The van der Waals surface area contributed by atoms with E-state index in [4.69, 9.17) is 4.74 Å². The maximum atomic E-state index is 10.3. The molecule has 0 radical (unpaired) electrons. The molecule has 0 spiro atoms. The maximum Gasteiger partial charge on any atom is 0.156 e. The highest BCUT2D eigenvalue weighted by Crippen LogP contribution is 2.38. The first-order chi connectivity index (χ1) is 9.70. The number of rotatable bonds is 2. The molecule has 0 fully saturated rings. The first-order valence-electron chi connectivity index (χ1n) is 6.12. The van der Waals surface area contributed by atoms with E-state index in [2.05, 4.69) is 20.9 Å². The predicted octanol–water partition coefficient (Wildman–Crippen LogP) is 4.38. The molecule has 1 heterocycles. The number of fused-ring (bicyclic) bond motifs is 1. The molecular formula is C16H12BrNO2. The van der Waals surface area contributed by atoms with Gasteiger partial charge in [0.2, 0.25) is 0 Å². The third-order valence-electron chi connectivity index (χ3n) is 3.17. The largest absolute Gasteiger partial charge is 0.505 e. The number of aromatic nitrogens is 1. The second-order valence-electron chi connectivity index (χ2n) is 4.37. The van der Waals surface area contributed by atoms with Crippen molar-refractivity contribution in [3.63, 3.8) is 0 Å². The summed E-state index contributed by atoms with van der Waals surface area (Å²) in [5.41, 5.74) is 2.23. The molecule has 20 heavy (non-hydrogen) atoms. The number of nitrogens with zero attached hydrogens (tertiary/aromatic N) is 1. The Kier molecular flexibility index (Phi) is 3.32. The van der Waals surface area contributed by atoms with Gasteiger partial charge in [-0.05, 0) is 46.3 Å². The third-order valence-corrected chi connectivity index (χ3v) is 3.97. The Morgan fingerprint density at radius 1 is 1.05 bits per heavy atom. The first kappa shape index (κ1) is 12.9. The summed E-state index contributed by atoms with van der Waals surface area (Å²) < 4.78 is 5.80. The van der Waals surface area contributed by atoms with E-state index >= 15 is 0 Å². The Balaban J connectivity index is 2.22. The van der Waals surface area contributed by atoms with Gasteiger partial charge in [0.15, 0.2) is 5.75 Å². The number of ether oxygens (including phenoxy) is 1. The Morgan fingerprint density at radius 2 is 1.75 bits per heavy atom. The fourth-order valence-corrected chi connectivity index (χ4v) is 2.63. The van der Waals surface area contributed by atoms with Crippen molar-refractivity contribution in [2.24, 2.45) is 0 Å². The summed E-state index contributed by atoms with van der Waals surface area (Å²) in [7, 11) is 1.62. The van der Waals surface area contributed by atoms with Crippen molar-refractivity contribution in [2.45, 2.75) is 0 Å². The van der Waals surface area contributed by atoms with Gasteiger partial charge in [0.1, 0.15) is 11.4 Å². The molecule has 0 bridgehead atoms. The molecule has 2 aromatic carbocycles. The minimum absolute atomic E-state index is 0.147. The number of para-hydroxylation sites is 1. The van der Waals surface area contributed by atoms with E-state index in [0.717, 1.165) is 22.2 Å². The molecule has 0 aliphatic rings. The zero-order valence-corrected chi connectivity index (χ0v) is 12.4. The topological polar surface area (TPSA) is 42.4 Å². The van der Waals surface area contributed by atoms with Crippen molar-refractivity contribution in [3.8, 4) is 22.8 Å². The number of hydrogen-bond donors (Lipinski definition) is 1. The molecule has 0 aliphatic carbocycles. The van der Waals surface area contributed by atoms with Crippen LogP contribution in [0.1, 0.15) is 0 Å². The molecule has 3 nitrogen and oxygen atoms in total. The number of halogens is 1. The van der Waals surface area contributed by atoms with Gasteiger partial charge < -0.3 is 9.84 Å². The average Bonchev–Trinajstić information content (AvgIpc) is 2.51. The van der Waals surface area contributed by atoms with Crippen LogP contribution in [0, 0.1) is 0 Å². The molecule has 0 aliphatic heterocycles. The van der Waals surface area contributed by atoms with Crippen LogP contribution in [-0.4, -0.2) is 17.2 Å². The minimum Gasteiger partial charge on any atom is -0.505 e. The molecule has 0 saturated carbocycles. The maximum absolute atomic E-state index is 10.3. The lowest BCUT2D eigenvalue weighted by atomic mass is 10.1. The predicted molar refractivity (Wildman–Crippen MR) is 83.1 cm³/mol. The first-order valence-corrected chi connectivity index (χ1v) is 6.91. The lowest BCUT2D eigenvalue weighted by molar-refractivity contribution is 0.415. The van der Waals surface area contributed by atoms with Gasteiger partial charge in [-0.1, -0.05) is 18.2 Å². The number of hydrogen-bond acceptors (Lipinski definition) is 3. The summed E-state index contributed by atoms with van der Waals surface area (Å²) in [5.74, 6) is 0.918. The van der Waals surface area contributed by atoms with E-state index in [1.54, 1.807) is 7.11 Å². The fourth-order valence-electron chi connectivity index (χ4n) is 2.11. The molecule has 1 aromatic heterocycles. The second-order valence-corrected chi connectivity index (χ2v) is 5.16. The highest BCUT2D eigenvalue weighted by atomic mass is 79.9. The Morgan fingerprint density at radius 3 is 2.45 bits per heavy atom. The van der Waals surface area contributed by atoms with Gasteiger partial charge >= 0.3 is 0 Å². The molecule has 0 amide bonds. The molecule has 0 unspecified atom stereocenters. The van der Waals surface area contributed by atoms with Crippen molar-refractivity contribution < 1.29 is 9.84 Å². The van der Waals surface area contributed by atoms with Crippen molar-refractivity contribution in [1.29, 1.82) is 0 Å². The summed E-state index contributed by atoms with van der Waals surface area (Å²) in [6.45, 7) is 0. The van der Waals surface area contributed by atoms with E-state index in [1.807, 2.05) is 48.5 Å². The van der Waals surface area contributed by atoms with Gasteiger partial charge in [0, 0.05) is 10.9 Å². The van der Waals surface area contributed by atoms with Crippen LogP contribution in [-0.2, 0) is 0 Å². The smallest absolute Gasteiger partial charge is 0.156 e. The van der Waals surface area contributed by atoms with Crippen LogP contribution in [0.5, 0.6) is 11.5 Å². The highest BCUT2D eigenvalue weighted by Gasteiger charge is 2.13. The Bertz CT molecular complexity index is 769. The van der Waals surface area contributed by atoms with Crippen LogP contribution >= 0.6 is 15.9 Å². The van der Waals surface area contributed by atoms with E-state index in [1.165, 1.54) is 0 Å². The van der Waals surface area contributed by atoms with Crippen LogP contribution in [0.15, 0.2) is 53.0 Å². The zero-order valence-electron chi connectivity index (χ0n) is 10.8. The number of benzene rings is 2. The average molecular weight is 330 g/mol. The van der Waals surface area contributed by atoms with Gasteiger partial charge in [-0.15, -0.1) is 0 Å². The lowest BCUT2D eigenvalue weighted by Crippen LogP contribution is -1.89. The van der Waals surface area contributed by atoms with Crippen LogP contribution in [0.2, 0.25) is 0 Å². The summed E-state index contributed by atoms with van der Waals surface area (Å²) >= 11 is 3.44. The Hall–Kier alpha value is -2.07. The molecule has 100 valence electrons. The van der Waals surface area contributed by atoms with Crippen molar-refractivity contribution in [3.05, 3.63) is 53.0 Å². The van der Waals surface area contributed by atoms with Crippen LogP contribution in [0.4, 0.5) is 0 Å². The molecule has 1 N–H and O–H groups in total. The van der Waals surface area contributed by atoms with Crippen LogP contribution < -0.4 is 4.74 Å². The number of aromatic hydroxyl groups is 1. The molecule has 3 aromatic rings. The summed E-state index contributed by atoms with van der Waals surface area (Å²) in [6, 6.07) is 15.1. The van der Waals surface area contributed by atoms with E-state index in [9.17, 15) is 5.11 Å². The quantitative estimate of drug-likeness (QED) is 0.758. The molecular weight excluding hydrogens is 318 g/mol. The summed E-state index contributed by atoms with van der Waals surface area (Å²) in [6.07, 6.45) is 0. The van der Waals surface area contributed by atoms with E-state index < -0.39 is 0 Å². The van der Waals surface area contributed by atoms with Gasteiger partial charge in [-0.3, -0.25) is 0 Å². The Labute approximate surface area is 125 Å². The second kappa shape index (κ2) is 5.13. The normalized spacial score (nSPS) is 10.7. The number of pyridine rings is 1. The summed E-state index contributed by atoms with van der Waals surface area (Å²) in [5, 5.41) is 11.2. The van der Waals surface area contributed by atoms with Crippen molar-refractivity contribution in [2.75, 3.05) is 7.11 Å². The molecule has 0 saturated heterocycles. The van der Waals surface area contributed by atoms with Gasteiger partial charge in [0.05, 0.1) is 17.1 Å². The van der Waals surface area contributed by atoms with E-state index in [-0.39, 0.29) is 5.75 Å². The van der Waals surface area contributed by atoms with Crippen LogP contribution in [0.25, 0.3) is 22.2 Å². The van der Waals surface area contributed by atoms with Crippen LogP contribution in [0.3, 0.4) is 0 Å². The highest BCUT2D eigenvalue weighted by molar-refractivity contribution is 9.10. The SMILES string of the molecule is COc1ccc(-c2nc3ccccc3c(Br)c2O)cc1. The van der Waals surface area contributed by atoms with Crippen molar-refractivity contribution >= 4 is 26.8 Å².